The van der Waals surface area contributed by atoms with E-state index in [1.54, 1.807) is 23.3 Å². The van der Waals surface area contributed by atoms with E-state index in [9.17, 15) is 4.79 Å². The molecule has 0 bridgehead atoms. The van der Waals surface area contributed by atoms with E-state index in [-0.39, 0.29) is 0 Å². The zero-order valence-corrected chi connectivity index (χ0v) is 12.8. The number of carbonyl (C=O) groups excluding carboxylic acids is 1. The summed E-state index contributed by atoms with van der Waals surface area (Å²) in [4.78, 5) is 17.9. The number of fused-ring (bicyclic) bond motifs is 1. The van der Waals surface area contributed by atoms with Crippen molar-refractivity contribution in [2.24, 2.45) is 0 Å². The zero-order valence-electron chi connectivity index (χ0n) is 10.4. The van der Waals surface area contributed by atoms with Gasteiger partial charge in [0.2, 0.25) is 0 Å². The van der Waals surface area contributed by atoms with Crippen LogP contribution in [0, 0.1) is 0 Å². The summed E-state index contributed by atoms with van der Waals surface area (Å²) in [6.45, 7) is 5.66. The normalized spacial score (nSPS) is 20.1. The summed E-state index contributed by atoms with van der Waals surface area (Å²) >= 11 is 5.28. The lowest BCUT2D eigenvalue weighted by molar-refractivity contribution is -0.127. The minimum absolute atomic E-state index is 0.336. The van der Waals surface area contributed by atoms with Crippen molar-refractivity contribution in [3.8, 4) is 0 Å². The Labute approximate surface area is 119 Å². The van der Waals surface area contributed by atoms with Gasteiger partial charge in [0.25, 0.3) is 0 Å². The Bertz CT molecular complexity index is 435. The molecule has 1 aromatic heterocycles. The predicted octanol–water partition coefficient (Wildman–Crippen LogP) is 3.56. The number of halogens is 1. The van der Waals surface area contributed by atoms with Gasteiger partial charge in [-0.3, -0.25) is 0 Å². The Morgan fingerprint density at radius 1 is 1.67 bits per heavy atom. The van der Waals surface area contributed by atoms with E-state index < -0.39 is 6.16 Å². The predicted molar refractivity (Wildman–Crippen MR) is 73.8 cm³/mol. The molecule has 18 heavy (non-hydrogen) atoms. The quantitative estimate of drug-likeness (QED) is 0.775. The second-order valence-corrected chi connectivity index (χ2v) is 6.72. The van der Waals surface area contributed by atoms with Crippen LogP contribution in [-0.2, 0) is 16.0 Å². The van der Waals surface area contributed by atoms with E-state index in [1.165, 1.54) is 14.2 Å². The summed E-state index contributed by atoms with van der Waals surface area (Å²) in [7, 11) is 0. The van der Waals surface area contributed by atoms with Crippen LogP contribution >= 0.6 is 27.3 Å². The van der Waals surface area contributed by atoms with Gasteiger partial charge in [0.1, 0.15) is 0 Å². The van der Waals surface area contributed by atoms with Crippen molar-refractivity contribution in [2.45, 2.75) is 26.2 Å². The van der Waals surface area contributed by atoms with Gasteiger partial charge in [0, 0.05) is 23.9 Å². The molecule has 0 N–H and O–H groups in total. The summed E-state index contributed by atoms with van der Waals surface area (Å²) < 4.78 is 5.96. The molecule has 0 amide bonds. The number of ether oxygens (including phenoxy) is 1. The third kappa shape index (κ3) is 3.24. The van der Waals surface area contributed by atoms with E-state index in [1.807, 2.05) is 0 Å². The number of hydrogen-bond donors (Lipinski definition) is 0. The summed E-state index contributed by atoms with van der Waals surface area (Å²) in [6.07, 6.45) is 0.275. The molecule has 1 aromatic rings. The number of hydrogen-bond acceptors (Lipinski definition) is 5. The first-order chi connectivity index (χ1) is 8.60. The molecule has 2 heterocycles. The minimum atomic E-state index is -0.615. The zero-order chi connectivity index (χ0) is 13.1. The molecule has 1 aliphatic heterocycles. The van der Waals surface area contributed by atoms with Crippen molar-refractivity contribution >= 4 is 33.4 Å². The van der Waals surface area contributed by atoms with Gasteiger partial charge in [0.15, 0.2) is 0 Å². The summed E-state index contributed by atoms with van der Waals surface area (Å²) in [5.74, 6) is 0.355. The van der Waals surface area contributed by atoms with Gasteiger partial charge in [-0.2, -0.15) is 0 Å². The van der Waals surface area contributed by atoms with Crippen molar-refractivity contribution in [3.05, 3.63) is 20.3 Å². The van der Waals surface area contributed by atoms with Crippen LogP contribution in [0.15, 0.2) is 9.85 Å². The van der Waals surface area contributed by atoms with Gasteiger partial charge in [-0.15, -0.1) is 16.4 Å². The Balaban J connectivity index is 2.01. The first-order valence-electron chi connectivity index (χ1n) is 5.98. The van der Waals surface area contributed by atoms with E-state index in [0.29, 0.717) is 25.6 Å². The highest BCUT2D eigenvalue weighted by atomic mass is 79.9. The highest BCUT2D eigenvalue weighted by Gasteiger charge is 2.24. The number of carbonyl (C=O) groups is 1. The van der Waals surface area contributed by atoms with Crippen molar-refractivity contribution in [2.75, 3.05) is 19.7 Å². The molecule has 2 rings (SSSR count). The maximum atomic E-state index is 11.3. The van der Waals surface area contributed by atoms with Gasteiger partial charge >= 0.3 is 6.16 Å². The van der Waals surface area contributed by atoms with Gasteiger partial charge < -0.3 is 9.57 Å². The first kappa shape index (κ1) is 13.8. The van der Waals surface area contributed by atoms with Gasteiger partial charge in [-0.05, 0) is 40.9 Å². The van der Waals surface area contributed by atoms with Crippen molar-refractivity contribution < 1.29 is 14.4 Å². The highest BCUT2D eigenvalue weighted by molar-refractivity contribution is 9.11. The van der Waals surface area contributed by atoms with Crippen molar-refractivity contribution in [1.29, 1.82) is 0 Å². The Hall–Kier alpha value is -0.590. The lowest BCUT2D eigenvalue weighted by Gasteiger charge is -2.20. The van der Waals surface area contributed by atoms with E-state index >= 15 is 0 Å². The molecule has 6 heteroatoms. The summed E-state index contributed by atoms with van der Waals surface area (Å²) in [5, 5.41) is 1.70. The van der Waals surface area contributed by atoms with E-state index in [4.69, 9.17) is 9.57 Å². The summed E-state index contributed by atoms with van der Waals surface area (Å²) in [5.41, 5.74) is 1.34. The Morgan fingerprint density at radius 3 is 3.17 bits per heavy atom. The Morgan fingerprint density at radius 2 is 2.44 bits per heavy atom. The largest absolute Gasteiger partial charge is 0.527 e. The van der Waals surface area contributed by atoms with Crippen LogP contribution in [0.3, 0.4) is 0 Å². The standard InChI is InChI=1S/C12H16BrNO3S/c1-3-16-12(15)17-14-5-4-9-6-10(13)18-11(9)8(2)7-14/h6,8H,3-5,7H2,1-2H3. The molecule has 100 valence electrons. The topological polar surface area (TPSA) is 38.8 Å². The lowest BCUT2D eigenvalue weighted by Crippen LogP contribution is -2.31. The molecule has 1 unspecified atom stereocenters. The van der Waals surface area contributed by atoms with E-state index in [0.717, 1.165) is 6.42 Å². The first-order valence-corrected chi connectivity index (χ1v) is 7.59. The fourth-order valence-corrected chi connectivity index (χ4v) is 3.86. The van der Waals surface area contributed by atoms with Gasteiger partial charge in [-0.1, -0.05) is 6.92 Å². The summed E-state index contributed by atoms with van der Waals surface area (Å²) in [6, 6.07) is 2.16. The third-order valence-corrected chi connectivity index (χ3v) is 4.74. The van der Waals surface area contributed by atoms with Gasteiger partial charge in [0.05, 0.1) is 10.4 Å². The molecular formula is C12H16BrNO3S. The smallest absolute Gasteiger partial charge is 0.433 e. The molecule has 1 atom stereocenters. The van der Waals surface area contributed by atoms with Crippen LogP contribution in [0.2, 0.25) is 0 Å². The maximum Gasteiger partial charge on any atom is 0.527 e. The molecule has 0 spiro atoms. The maximum absolute atomic E-state index is 11.3. The van der Waals surface area contributed by atoms with Crippen molar-refractivity contribution in [1.82, 2.24) is 5.06 Å². The second kappa shape index (κ2) is 6.04. The van der Waals surface area contributed by atoms with Crippen LogP contribution in [0.5, 0.6) is 0 Å². The monoisotopic (exact) mass is 333 g/mol. The number of nitrogens with zero attached hydrogens (tertiary/aromatic N) is 1. The van der Waals surface area contributed by atoms with Crippen LogP contribution in [0.1, 0.15) is 30.2 Å². The van der Waals surface area contributed by atoms with Crippen LogP contribution < -0.4 is 0 Å². The molecule has 0 saturated carbocycles. The Kier molecular flexibility index (Phi) is 4.64. The average molecular weight is 334 g/mol. The molecule has 0 aromatic carbocycles. The molecule has 1 aliphatic rings. The van der Waals surface area contributed by atoms with Crippen LogP contribution in [0.25, 0.3) is 0 Å². The molecule has 0 radical (unpaired) electrons. The highest BCUT2D eigenvalue weighted by Crippen LogP contribution is 2.35. The molecule has 0 fully saturated rings. The molecular weight excluding hydrogens is 318 g/mol. The molecule has 0 saturated heterocycles. The van der Waals surface area contributed by atoms with Crippen molar-refractivity contribution in [3.63, 3.8) is 0 Å². The second-order valence-electron chi connectivity index (χ2n) is 4.25. The van der Waals surface area contributed by atoms with Crippen LogP contribution in [-0.4, -0.2) is 30.9 Å². The molecule has 0 aliphatic carbocycles. The number of thiophene rings is 1. The fourth-order valence-electron chi connectivity index (χ4n) is 2.08. The van der Waals surface area contributed by atoms with Crippen LogP contribution in [0.4, 0.5) is 4.79 Å². The SMILES string of the molecule is CCOC(=O)ON1CCc2cc(Br)sc2C(C)C1. The van der Waals surface area contributed by atoms with Gasteiger partial charge in [-0.25, -0.2) is 4.79 Å². The minimum Gasteiger partial charge on any atom is -0.433 e. The average Bonchev–Trinajstić information content (AvgIpc) is 2.61. The fraction of sp³-hybridized carbons (Fsp3) is 0.583. The number of hydroxylamine groups is 2. The molecule has 4 nitrogen and oxygen atoms in total. The van der Waals surface area contributed by atoms with E-state index in [2.05, 4.69) is 28.9 Å². The number of rotatable bonds is 2. The third-order valence-electron chi connectivity index (χ3n) is 2.83. The lowest BCUT2D eigenvalue weighted by atomic mass is 10.1.